The molecule has 2 aromatic carbocycles. The average molecular weight is 448 g/mol. The van der Waals surface area contributed by atoms with E-state index in [0.717, 1.165) is 16.8 Å². The lowest BCUT2D eigenvalue weighted by atomic mass is 10.1. The molecular weight excluding hydrogens is 422 g/mol. The zero-order chi connectivity index (χ0) is 22.8. The first-order valence-corrected chi connectivity index (χ1v) is 11.4. The van der Waals surface area contributed by atoms with Crippen LogP contribution in [0.4, 0.5) is 5.82 Å². The molecule has 2 heterocycles. The Balaban J connectivity index is 1.68. The smallest absolute Gasteiger partial charge is 0.266 e. The standard InChI is InChI=1S/C24H25N5O2S/c1-15(2)29-21(11-12-25-29)27-22(30)14-32-24-26-20-8-6-5-7-19(20)23(31)28(24)18-10-9-16(3)17(4)13-18/h5-13,15H,14H2,1-4H3,(H,27,30). The molecule has 0 aliphatic heterocycles. The third kappa shape index (κ3) is 4.31. The predicted octanol–water partition coefficient (Wildman–Crippen LogP) is 4.51. The summed E-state index contributed by atoms with van der Waals surface area (Å²) < 4.78 is 3.34. The second-order valence-corrected chi connectivity index (χ2v) is 8.85. The number of amides is 1. The monoisotopic (exact) mass is 447 g/mol. The van der Waals surface area contributed by atoms with Gasteiger partial charge in [-0.05, 0) is 63.1 Å². The third-order valence-corrected chi connectivity index (χ3v) is 6.19. The summed E-state index contributed by atoms with van der Waals surface area (Å²) in [5.74, 6) is 0.564. The normalized spacial score (nSPS) is 11.3. The molecule has 7 nitrogen and oxygen atoms in total. The summed E-state index contributed by atoms with van der Waals surface area (Å²) in [6, 6.07) is 15.0. The van der Waals surface area contributed by atoms with Crippen LogP contribution in [0, 0.1) is 13.8 Å². The van der Waals surface area contributed by atoms with Gasteiger partial charge in [0.25, 0.3) is 5.56 Å². The highest BCUT2D eigenvalue weighted by Crippen LogP contribution is 2.23. The van der Waals surface area contributed by atoms with Gasteiger partial charge in [0.1, 0.15) is 5.82 Å². The molecule has 0 spiro atoms. The number of aryl methyl sites for hydroxylation is 2. The molecule has 0 saturated heterocycles. The van der Waals surface area contributed by atoms with Crippen molar-refractivity contribution in [2.24, 2.45) is 0 Å². The number of hydrogen-bond donors (Lipinski definition) is 1. The Hall–Kier alpha value is -3.39. The summed E-state index contributed by atoms with van der Waals surface area (Å²) in [4.78, 5) is 30.7. The molecule has 0 aliphatic carbocycles. The lowest BCUT2D eigenvalue weighted by Gasteiger charge is -2.15. The number of hydrogen-bond acceptors (Lipinski definition) is 5. The number of fused-ring (bicyclic) bond motifs is 1. The van der Waals surface area contributed by atoms with Crippen LogP contribution in [0.5, 0.6) is 0 Å². The van der Waals surface area contributed by atoms with E-state index in [-0.39, 0.29) is 23.3 Å². The highest BCUT2D eigenvalue weighted by atomic mass is 32.2. The van der Waals surface area contributed by atoms with E-state index in [2.05, 4.69) is 10.4 Å². The molecule has 0 aliphatic rings. The molecule has 0 saturated carbocycles. The number of para-hydroxylation sites is 1. The van der Waals surface area contributed by atoms with Gasteiger partial charge in [-0.2, -0.15) is 5.10 Å². The van der Waals surface area contributed by atoms with Crippen molar-refractivity contribution in [1.29, 1.82) is 0 Å². The van der Waals surface area contributed by atoms with Crippen LogP contribution in [0.1, 0.15) is 31.0 Å². The van der Waals surface area contributed by atoms with Gasteiger partial charge in [0.2, 0.25) is 5.91 Å². The number of carbonyl (C=O) groups excluding carboxylic acids is 1. The molecule has 0 fully saturated rings. The molecule has 2 aromatic heterocycles. The molecule has 0 atom stereocenters. The van der Waals surface area contributed by atoms with Crippen molar-refractivity contribution in [2.75, 3.05) is 11.1 Å². The van der Waals surface area contributed by atoms with Crippen molar-refractivity contribution in [3.8, 4) is 5.69 Å². The minimum absolute atomic E-state index is 0.110. The summed E-state index contributed by atoms with van der Waals surface area (Å²) in [6.45, 7) is 8.04. The van der Waals surface area contributed by atoms with Crippen molar-refractivity contribution in [3.63, 3.8) is 0 Å². The molecule has 32 heavy (non-hydrogen) atoms. The number of carbonyl (C=O) groups is 1. The van der Waals surface area contributed by atoms with Crippen molar-refractivity contribution < 1.29 is 4.79 Å². The molecule has 164 valence electrons. The maximum absolute atomic E-state index is 13.4. The van der Waals surface area contributed by atoms with Crippen LogP contribution in [-0.4, -0.2) is 31.0 Å². The Morgan fingerprint density at radius 3 is 2.62 bits per heavy atom. The van der Waals surface area contributed by atoms with Crippen LogP contribution >= 0.6 is 11.8 Å². The van der Waals surface area contributed by atoms with Crippen molar-refractivity contribution in [3.05, 3.63) is 76.2 Å². The van der Waals surface area contributed by atoms with E-state index in [1.54, 1.807) is 27.6 Å². The van der Waals surface area contributed by atoms with Gasteiger partial charge in [-0.25, -0.2) is 9.67 Å². The van der Waals surface area contributed by atoms with Crippen LogP contribution in [0.25, 0.3) is 16.6 Å². The fraction of sp³-hybridized carbons (Fsp3) is 0.250. The lowest BCUT2D eigenvalue weighted by Crippen LogP contribution is -2.23. The largest absolute Gasteiger partial charge is 0.310 e. The maximum atomic E-state index is 13.4. The highest BCUT2D eigenvalue weighted by Gasteiger charge is 2.16. The Morgan fingerprint density at radius 2 is 1.88 bits per heavy atom. The first-order valence-electron chi connectivity index (χ1n) is 10.4. The maximum Gasteiger partial charge on any atom is 0.266 e. The molecular formula is C24H25N5O2S. The van der Waals surface area contributed by atoms with E-state index >= 15 is 0 Å². The molecule has 1 amide bonds. The number of rotatable bonds is 6. The zero-order valence-electron chi connectivity index (χ0n) is 18.5. The fourth-order valence-electron chi connectivity index (χ4n) is 3.44. The van der Waals surface area contributed by atoms with E-state index < -0.39 is 0 Å². The van der Waals surface area contributed by atoms with Crippen LogP contribution in [0.15, 0.2) is 64.7 Å². The Morgan fingerprint density at radius 1 is 1.09 bits per heavy atom. The summed E-state index contributed by atoms with van der Waals surface area (Å²) in [6.07, 6.45) is 1.66. The van der Waals surface area contributed by atoms with Gasteiger partial charge in [-0.15, -0.1) is 0 Å². The number of nitrogens with one attached hydrogen (secondary N) is 1. The molecule has 8 heteroatoms. The van der Waals surface area contributed by atoms with Crippen LogP contribution < -0.4 is 10.9 Å². The Labute approximate surface area is 190 Å². The fourth-order valence-corrected chi connectivity index (χ4v) is 4.25. The quantitative estimate of drug-likeness (QED) is 0.347. The second-order valence-electron chi connectivity index (χ2n) is 7.91. The Kier molecular flexibility index (Phi) is 6.14. The molecule has 0 bridgehead atoms. The molecule has 1 N–H and O–H groups in total. The Bertz CT molecular complexity index is 1360. The first-order chi connectivity index (χ1) is 15.3. The number of anilines is 1. The van der Waals surface area contributed by atoms with Crippen molar-refractivity contribution in [1.82, 2.24) is 19.3 Å². The minimum atomic E-state index is -0.188. The molecule has 0 unspecified atom stereocenters. The number of nitrogens with zero attached hydrogens (tertiary/aromatic N) is 4. The van der Waals surface area contributed by atoms with Gasteiger partial charge in [0.15, 0.2) is 5.16 Å². The number of thioether (sulfide) groups is 1. The van der Waals surface area contributed by atoms with Gasteiger partial charge >= 0.3 is 0 Å². The van der Waals surface area contributed by atoms with Crippen molar-refractivity contribution >= 4 is 34.4 Å². The van der Waals surface area contributed by atoms with Crippen LogP contribution in [0.3, 0.4) is 0 Å². The second kappa shape index (κ2) is 9.00. The van der Waals surface area contributed by atoms with E-state index in [1.165, 1.54) is 11.8 Å². The first kappa shape index (κ1) is 21.8. The number of benzene rings is 2. The van der Waals surface area contributed by atoms with Crippen LogP contribution in [0.2, 0.25) is 0 Å². The van der Waals surface area contributed by atoms with Gasteiger partial charge < -0.3 is 5.32 Å². The van der Waals surface area contributed by atoms with Gasteiger partial charge in [-0.3, -0.25) is 14.2 Å². The van der Waals surface area contributed by atoms with E-state index in [9.17, 15) is 9.59 Å². The predicted molar refractivity (Wildman–Crippen MR) is 129 cm³/mol. The topological polar surface area (TPSA) is 81.8 Å². The van der Waals surface area contributed by atoms with E-state index in [4.69, 9.17) is 4.98 Å². The van der Waals surface area contributed by atoms with E-state index in [1.807, 2.05) is 64.1 Å². The summed E-state index contributed by atoms with van der Waals surface area (Å²) in [5, 5.41) is 8.15. The van der Waals surface area contributed by atoms with Crippen LogP contribution in [-0.2, 0) is 4.79 Å². The molecule has 4 rings (SSSR count). The van der Waals surface area contributed by atoms with E-state index in [0.29, 0.717) is 21.9 Å². The molecule has 4 aromatic rings. The zero-order valence-corrected chi connectivity index (χ0v) is 19.3. The summed E-state index contributed by atoms with van der Waals surface area (Å²) >= 11 is 1.24. The van der Waals surface area contributed by atoms with Gasteiger partial charge in [0.05, 0.1) is 28.5 Å². The highest BCUT2D eigenvalue weighted by molar-refractivity contribution is 7.99. The SMILES string of the molecule is Cc1ccc(-n2c(SCC(=O)Nc3ccnn3C(C)C)nc3ccccc3c2=O)cc1C. The lowest BCUT2D eigenvalue weighted by molar-refractivity contribution is -0.113. The molecule has 0 radical (unpaired) electrons. The minimum Gasteiger partial charge on any atom is -0.310 e. The van der Waals surface area contributed by atoms with Gasteiger partial charge in [0, 0.05) is 12.1 Å². The van der Waals surface area contributed by atoms with Crippen molar-refractivity contribution in [2.45, 2.75) is 38.9 Å². The van der Waals surface area contributed by atoms with Gasteiger partial charge in [-0.1, -0.05) is 30.0 Å². The summed E-state index contributed by atoms with van der Waals surface area (Å²) in [7, 11) is 0. The average Bonchev–Trinajstić information content (AvgIpc) is 3.23. The number of aromatic nitrogens is 4. The summed E-state index contributed by atoms with van der Waals surface area (Å²) in [5.41, 5.74) is 3.42. The third-order valence-electron chi connectivity index (χ3n) is 5.25.